The minimum Gasteiger partial charge on any atom is -0.435 e. The molecule has 3 rings (SSSR count). The van der Waals surface area contributed by atoms with E-state index in [1.807, 2.05) is 23.6 Å². The van der Waals surface area contributed by atoms with Crippen molar-refractivity contribution in [3.8, 4) is 10.8 Å². The van der Waals surface area contributed by atoms with Gasteiger partial charge in [0.1, 0.15) is 5.52 Å². The molecular weight excluding hydrogens is 230 g/mol. The molecule has 15 heavy (non-hydrogen) atoms. The molecule has 0 fully saturated rings. The first-order valence-electron chi connectivity index (χ1n) is 4.43. The second kappa shape index (κ2) is 3.36. The first-order valence-corrected chi connectivity index (χ1v) is 5.69. The smallest absolute Gasteiger partial charge is 0.237 e. The molecule has 2 aromatic heterocycles. The van der Waals surface area contributed by atoms with E-state index in [2.05, 4.69) is 4.98 Å². The van der Waals surface area contributed by atoms with E-state index in [1.165, 1.54) is 0 Å². The van der Waals surface area contributed by atoms with Crippen molar-refractivity contribution in [3.05, 3.63) is 40.7 Å². The number of thiophene rings is 1. The largest absolute Gasteiger partial charge is 0.435 e. The van der Waals surface area contributed by atoms with Crippen LogP contribution in [-0.4, -0.2) is 4.98 Å². The molecule has 2 nitrogen and oxygen atoms in total. The number of oxazole rings is 1. The summed E-state index contributed by atoms with van der Waals surface area (Å²) in [5, 5.41) is 2.67. The van der Waals surface area contributed by atoms with E-state index in [9.17, 15) is 0 Å². The van der Waals surface area contributed by atoms with E-state index in [0.717, 1.165) is 16.0 Å². The lowest BCUT2D eigenvalue weighted by Gasteiger charge is -1.85. The van der Waals surface area contributed by atoms with E-state index in [0.29, 0.717) is 10.9 Å². The van der Waals surface area contributed by atoms with Gasteiger partial charge in [0, 0.05) is 5.02 Å². The normalized spacial score (nSPS) is 11.0. The molecule has 3 aromatic rings. The molecule has 0 bridgehead atoms. The van der Waals surface area contributed by atoms with Crippen LogP contribution in [0.4, 0.5) is 0 Å². The molecule has 0 atom stereocenters. The van der Waals surface area contributed by atoms with Gasteiger partial charge in [0.05, 0.1) is 4.88 Å². The molecule has 2 heterocycles. The SMILES string of the molecule is Clc1ccc2oc(-c3cccs3)nc2c1. The van der Waals surface area contributed by atoms with Crippen molar-refractivity contribution >= 4 is 34.0 Å². The molecule has 0 aliphatic carbocycles. The highest BCUT2D eigenvalue weighted by molar-refractivity contribution is 7.13. The van der Waals surface area contributed by atoms with Gasteiger partial charge in [-0.3, -0.25) is 0 Å². The van der Waals surface area contributed by atoms with Crippen LogP contribution in [0.1, 0.15) is 0 Å². The monoisotopic (exact) mass is 235 g/mol. The van der Waals surface area contributed by atoms with Gasteiger partial charge in [0.25, 0.3) is 0 Å². The van der Waals surface area contributed by atoms with Gasteiger partial charge in [-0.1, -0.05) is 17.7 Å². The molecule has 1 aromatic carbocycles. The van der Waals surface area contributed by atoms with Crippen molar-refractivity contribution in [1.82, 2.24) is 4.98 Å². The molecule has 0 aliphatic rings. The highest BCUT2D eigenvalue weighted by Crippen LogP contribution is 2.28. The van der Waals surface area contributed by atoms with Gasteiger partial charge < -0.3 is 4.42 Å². The van der Waals surface area contributed by atoms with Crippen LogP contribution >= 0.6 is 22.9 Å². The Morgan fingerprint density at radius 1 is 1.27 bits per heavy atom. The summed E-state index contributed by atoms with van der Waals surface area (Å²) in [6, 6.07) is 9.39. The van der Waals surface area contributed by atoms with Crippen LogP contribution in [-0.2, 0) is 0 Å². The summed E-state index contributed by atoms with van der Waals surface area (Å²) in [5.74, 6) is 0.655. The Bertz CT molecular complexity index is 600. The lowest BCUT2D eigenvalue weighted by atomic mass is 10.3. The maximum absolute atomic E-state index is 5.87. The van der Waals surface area contributed by atoms with Crippen LogP contribution in [0, 0.1) is 0 Å². The molecule has 0 spiro atoms. The summed E-state index contributed by atoms with van der Waals surface area (Å²) in [7, 11) is 0. The molecule has 0 radical (unpaired) electrons. The number of hydrogen-bond acceptors (Lipinski definition) is 3. The van der Waals surface area contributed by atoms with Crippen molar-refractivity contribution < 1.29 is 4.42 Å². The number of fused-ring (bicyclic) bond motifs is 1. The van der Waals surface area contributed by atoms with Gasteiger partial charge in [-0.15, -0.1) is 11.3 Å². The van der Waals surface area contributed by atoms with Gasteiger partial charge in [0.15, 0.2) is 5.58 Å². The Morgan fingerprint density at radius 3 is 3.00 bits per heavy atom. The van der Waals surface area contributed by atoms with Gasteiger partial charge in [-0.2, -0.15) is 0 Å². The molecule has 0 N–H and O–H groups in total. The highest BCUT2D eigenvalue weighted by Gasteiger charge is 2.08. The molecule has 74 valence electrons. The third-order valence-corrected chi connectivity index (χ3v) is 3.17. The average Bonchev–Trinajstić information content (AvgIpc) is 2.84. The summed E-state index contributed by atoms with van der Waals surface area (Å²) < 4.78 is 5.61. The second-order valence-corrected chi connectivity index (χ2v) is 4.49. The lowest BCUT2D eigenvalue weighted by molar-refractivity contribution is 0.621. The molecule has 0 saturated carbocycles. The first kappa shape index (κ1) is 8.95. The van der Waals surface area contributed by atoms with Crippen molar-refractivity contribution in [2.75, 3.05) is 0 Å². The molecule has 4 heteroatoms. The van der Waals surface area contributed by atoms with E-state index < -0.39 is 0 Å². The summed E-state index contributed by atoms with van der Waals surface area (Å²) in [4.78, 5) is 5.41. The van der Waals surface area contributed by atoms with Gasteiger partial charge in [0.2, 0.25) is 5.89 Å². The zero-order valence-corrected chi connectivity index (χ0v) is 9.18. The van der Waals surface area contributed by atoms with Crippen molar-refractivity contribution in [2.24, 2.45) is 0 Å². The number of benzene rings is 1. The minimum atomic E-state index is 0.655. The predicted octanol–water partition coefficient (Wildman–Crippen LogP) is 4.21. The fourth-order valence-electron chi connectivity index (χ4n) is 1.41. The van der Waals surface area contributed by atoms with Crippen LogP contribution in [0.25, 0.3) is 21.9 Å². The molecule has 0 amide bonds. The standard InChI is InChI=1S/C11H6ClNOS/c12-7-3-4-9-8(6-7)13-11(14-9)10-2-1-5-15-10/h1-6H. The topological polar surface area (TPSA) is 26.0 Å². The first-order chi connectivity index (χ1) is 7.33. The summed E-state index contributed by atoms with van der Waals surface area (Å²) in [6.45, 7) is 0. The Morgan fingerprint density at radius 2 is 2.20 bits per heavy atom. The van der Waals surface area contributed by atoms with Gasteiger partial charge >= 0.3 is 0 Å². The van der Waals surface area contributed by atoms with Crippen molar-refractivity contribution in [3.63, 3.8) is 0 Å². The zero-order valence-electron chi connectivity index (χ0n) is 7.61. The highest BCUT2D eigenvalue weighted by atomic mass is 35.5. The van der Waals surface area contributed by atoms with Crippen LogP contribution in [0.2, 0.25) is 5.02 Å². The van der Waals surface area contributed by atoms with Crippen molar-refractivity contribution in [2.45, 2.75) is 0 Å². The predicted molar refractivity (Wildman–Crippen MR) is 62.3 cm³/mol. The van der Waals surface area contributed by atoms with E-state index in [-0.39, 0.29) is 0 Å². The quantitative estimate of drug-likeness (QED) is 0.632. The fraction of sp³-hybridized carbons (Fsp3) is 0. The maximum Gasteiger partial charge on any atom is 0.237 e. The lowest BCUT2D eigenvalue weighted by Crippen LogP contribution is -1.69. The van der Waals surface area contributed by atoms with Crippen LogP contribution < -0.4 is 0 Å². The third kappa shape index (κ3) is 1.54. The third-order valence-electron chi connectivity index (χ3n) is 2.08. The Hall–Kier alpha value is -1.32. The van der Waals surface area contributed by atoms with E-state index >= 15 is 0 Å². The molecule has 0 saturated heterocycles. The average molecular weight is 236 g/mol. The Kier molecular flexibility index (Phi) is 2.01. The minimum absolute atomic E-state index is 0.655. The summed E-state index contributed by atoms with van der Waals surface area (Å²) >= 11 is 7.48. The Balaban J connectivity index is 2.22. The molecular formula is C11H6ClNOS. The fourth-order valence-corrected chi connectivity index (χ4v) is 2.22. The number of hydrogen-bond donors (Lipinski definition) is 0. The number of rotatable bonds is 1. The number of aromatic nitrogens is 1. The summed E-state index contributed by atoms with van der Waals surface area (Å²) in [5.41, 5.74) is 1.56. The molecule has 0 aliphatic heterocycles. The number of halogens is 1. The zero-order chi connectivity index (χ0) is 10.3. The van der Waals surface area contributed by atoms with Crippen LogP contribution in [0.3, 0.4) is 0 Å². The second-order valence-electron chi connectivity index (χ2n) is 3.11. The summed E-state index contributed by atoms with van der Waals surface area (Å²) in [6.07, 6.45) is 0. The van der Waals surface area contributed by atoms with E-state index in [1.54, 1.807) is 23.5 Å². The number of nitrogens with zero attached hydrogens (tertiary/aromatic N) is 1. The molecule has 0 unspecified atom stereocenters. The van der Waals surface area contributed by atoms with Gasteiger partial charge in [-0.05, 0) is 29.6 Å². The van der Waals surface area contributed by atoms with Crippen LogP contribution in [0.15, 0.2) is 40.1 Å². The van der Waals surface area contributed by atoms with Crippen LogP contribution in [0.5, 0.6) is 0 Å². The van der Waals surface area contributed by atoms with Crippen molar-refractivity contribution in [1.29, 1.82) is 0 Å². The maximum atomic E-state index is 5.87. The van der Waals surface area contributed by atoms with E-state index in [4.69, 9.17) is 16.0 Å². The Labute approximate surface area is 95.1 Å². The van der Waals surface area contributed by atoms with Gasteiger partial charge in [-0.25, -0.2) is 4.98 Å².